The lowest BCUT2D eigenvalue weighted by Crippen LogP contribution is -2.58. The highest BCUT2D eigenvalue weighted by Gasteiger charge is 2.46. The lowest BCUT2D eigenvalue weighted by atomic mass is 9.78. The fourth-order valence-corrected chi connectivity index (χ4v) is 7.90. The first-order valence-electron chi connectivity index (χ1n) is 11.9. The third kappa shape index (κ3) is 6.10. The Morgan fingerprint density at radius 1 is 0.857 bits per heavy atom. The molecule has 0 bridgehead atoms. The Morgan fingerprint density at radius 3 is 1.69 bits per heavy atom. The summed E-state index contributed by atoms with van der Waals surface area (Å²) in [5.74, 6) is 0. The second kappa shape index (κ2) is 10.4. The molecule has 2 unspecified atom stereocenters. The van der Waals surface area contributed by atoms with E-state index in [1.54, 1.807) is 13.8 Å². The van der Waals surface area contributed by atoms with Crippen LogP contribution in [0.25, 0.3) is 0 Å². The molecule has 0 aliphatic heterocycles. The molecule has 0 spiro atoms. The summed E-state index contributed by atoms with van der Waals surface area (Å²) in [5, 5.41) is 12.5. The molecular formula is C28H37NO4SSi. The summed E-state index contributed by atoms with van der Waals surface area (Å²) in [4.78, 5) is 0.233. The Balaban J connectivity index is 2.24. The first-order chi connectivity index (χ1) is 16.3. The molecule has 0 saturated heterocycles. The number of hydrogen-bond donors (Lipinski definition) is 2. The van der Waals surface area contributed by atoms with E-state index < -0.39 is 36.1 Å². The molecule has 0 aromatic heterocycles. The minimum Gasteiger partial charge on any atom is -0.413 e. The minimum atomic E-state index is -4.01. The SMILES string of the molecule is Cc1cc(C)c(S(=O)(=O)NC(C(C)O[Si](C)(C)C)C(O)(c2ccccc2)c2ccccc2)c(C)c1. The molecule has 0 heterocycles. The first-order valence-corrected chi connectivity index (χ1v) is 16.8. The largest absolute Gasteiger partial charge is 0.413 e. The summed E-state index contributed by atoms with van der Waals surface area (Å²) in [6.45, 7) is 13.5. The van der Waals surface area contributed by atoms with Crippen molar-refractivity contribution >= 4 is 18.3 Å². The van der Waals surface area contributed by atoms with Gasteiger partial charge in [-0.25, -0.2) is 13.1 Å². The van der Waals surface area contributed by atoms with Crippen LogP contribution >= 0.6 is 0 Å². The molecule has 2 N–H and O–H groups in total. The maximum Gasteiger partial charge on any atom is 0.241 e. The van der Waals surface area contributed by atoms with Crippen molar-refractivity contribution in [3.63, 3.8) is 0 Å². The average Bonchev–Trinajstić information content (AvgIpc) is 2.76. The highest BCUT2D eigenvalue weighted by molar-refractivity contribution is 7.89. The third-order valence-corrected chi connectivity index (χ3v) is 8.87. The van der Waals surface area contributed by atoms with Gasteiger partial charge in [-0.05, 0) is 69.6 Å². The second-order valence-electron chi connectivity index (χ2n) is 10.3. The number of sulfonamides is 1. The molecule has 188 valence electrons. The highest BCUT2D eigenvalue weighted by Crippen LogP contribution is 2.37. The van der Waals surface area contributed by atoms with Crippen LogP contribution in [0.3, 0.4) is 0 Å². The molecule has 2 atom stereocenters. The van der Waals surface area contributed by atoms with Crippen LogP contribution in [0.4, 0.5) is 0 Å². The molecule has 0 fully saturated rings. The summed E-state index contributed by atoms with van der Waals surface area (Å²) in [6.07, 6.45) is -0.618. The first kappa shape index (κ1) is 27.3. The van der Waals surface area contributed by atoms with E-state index in [0.717, 1.165) is 5.56 Å². The van der Waals surface area contributed by atoms with E-state index in [4.69, 9.17) is 4.43 Å². The smallest absolute Gasteiger partial charge is 0.241 e. The number of benzene rings is 3. The minimum absolute atomic E-state index is 0.233. The Kier molecular flexibility index (Phi) is 8.08. The van der Waals surface area contributed by atoms with Gasteiger partial charge in [0.2, 0.25) is 10.0 Å². The highest BCUT2D eigenvalue weighted by atomic mass is 32.2. The van der Waals surface area contributed by atoms with Gasteiger partial charge in [-0.1, -0.05) is 78.4 Å². The topological polar surface area (TPSA) is 75.6 Å². The van der Waals surface area contributed by atoms with Crippen LogP contribution in [0.5, 0.6) is 0 Å². The van der Waals surface area contributed by atoms with Gasteiger partial charge in [-0.3, -0.25) is 0 Å². The van der Waals surface area contributed by atoms with Crippen LogP contribution in [0.2, 0.25) is 19.6 Å². The maximum absolute atomic E-state index is 13.9. The lowest BCUT2D eigenvalue weighted by Gasteiger charge is -2.42. The van der Waals surface area contributed by atoms with E-state index in [1.165, 1.54) is 0 Å². The zero-order valence-electron chi connectivity index (χ0n) is 21.7. The lowest BCUT2D eigenvalue weighted by molar-refractivity contribution is -0.000976. The van der Waals surface area contributed by atoms with Gasteiger partial charge in [0.1, 0.15) is 5.60 Å². The van der Waals surface area contributed by atoms with Crippen molar-refractivity contribution in [1.29, 1.82) is 0 Å². The van der Waals surface area contributed by atoms with Crippen molar-refractivity contribution in [2.75, 3.05) is 0 Å². The summed E-state index contributed by atoms with van der Waals surface area (Å²) >= 11 is 0. The Morgan fingerprint density at radius 2 is 1.29 bits per heavy atom. The van der Waals surface area contributed by atoms with Gasteiger partial charge in [0.05, 0.1) is 17.0 Å². The quantitative estimate of drug-likeness (QED) is 0.375. The zero-order chi connectivity index (χ0) is 26.0. The fourth-order valence-electron chi connectivity index (χ4n) is 4.87. The number of nitrogens with one attached hydrogen (secondary N) is 1. The van der Waals surface area contributed by atoms with Crippen molar-refractivity contribution in [1.82, 2.24) is 4.72 Å². The monoisotopic (exact) mass is 511 g/mol. The summed E-state index contributed by atoms with van der Waals surface area (Å²) in [5.41, 5.74) is 1.81. The summed E-state index contributed by atoms with van der Waals surface area (Å²) < 4.78 is 37.1. The molecule has 0 amide bonds. The zero-order valence-corrected chi connectivity index (χ0v) is 23.5. The number of rotatable bonds is 9. The van der Waals surface area contributed by atoms with Crippen LogP contribution in [-0.4, -0.2) is 34.0 Å². The van der Waals surface area contributed by atoms with Gasteiger partial charge < -0.3 is 9.53 Å². The van der Waals surface area contributed by atoms with Crippen LogP contribution in [0, 0.1) is 20.8 Å². The average molecular weight is 512 g/mol. The van der Waals surface area contributed by atoms with E-state index >= 15 is 0 Å². The number of hydrogen-bond acceptors (Lipinski definition) is 4. The van der Waals surface area contributed by atoms with Crippen LogP contribution in [0.15, 0.2) is 77.7 Å². The molecule has 0 saturated carbocycles. The molecule has 5 nitrogen and oxygen atoms in total. The Hall–Kier alpha value is -2.29. The van der Waals surface area contributed by atoms with Gasteiger partial charge in [0, 0.05) is 0 Å². The third-order valence-electron chi connectivity index (χ3n) is 6.04. The molecule has 0 aliphatic carbocycles. The van der Waals surface area contributed by atoms with E-state index in [-0.39, 0.29) is 4.90 Å². The van der Waals surface area contributed by atoms with Gasteiger partial charge in [0.15, 0.2) is 8.32 Å². The Bertz CT molecular complexity index is 1190. The normalized spacial score (nSPS) is 14.5. The van der Waals surface area contributed by atoms with Gasteiger partial charge in [0.25, 0.3) is 0 Å². The standard InChI is InChI=1S/C28H37NO4SSi/c1-20-18-21(2)26(22(3)19-20)34(31,32)29-27(23(4)33-35(5,6)7)28(30,24-14-10-8-11-15-24)25-16-12-9-13-17-25/h8-19,23,27,29-30H,1-7H3. The fraction of sp³-hybridized carbons (Fsp3) is 0.357. The molecule has 0 radical (unpaired) electrons. The van der Waals surface area contributed by atoms with Gasteiger partial charge >= 0.3 is 0 Å². The molecular weight excluding hydrogens is 474 g/mol. The second-order valence-corrected chi connectivity index (χ2v) is 16.4. The molecule has 3 aromatic carbocycles. The molecule has 3 aromatic rings. The van der Waals surface area contributed by atoms with Crippen LogP contribution in [-0.2, 0) is 20.1 Å². The van der Waals surface area contributed by atoms with Crippen LogP contribution < -0.4 is 4.72 Å². The van der Waals surface area contributed by atoms with E-state index in [2.05, 4.69) is 4.72 Å². The van der Waals surface area contributed by atoms with Crippen LogP contribution in [0.1, 0.15) is 34.7 Å². The van der Waals surface area contributed by atoms with Crippen molar-refractivity contribution in [3.05, 3.63) is 101 Å². The molecule has 3 rings (SSSR count). The van der Waals surface area contributed by atoms with Crippen molar-refractivity contribution in [3.8, 4) is 0 Å². The van der Waals surface area contributed by atoms with E-state index in [9.17, 15) is 13.5 Å². The van der Waals surface area contributed by atoms with Gasteiger partial charge in [-0.2, -0.15) is 0 Å². The van der Waals surface area contributed by atoms with Crippen molar-refractivity contribution in [2.45, 2.75) is 70.0 Å². The predicted octanol–water partition coefficient (Wildman–Crippen LogP) is 5.43. The van der Waals surface area contributed by atoms with E-state index in [1.807, 2.05) is 106 Å². The molecule has 35 heavy (non-hydrogen) atoms. The van der Waals surface area contributed by atoms with E-state index in [0.29, 0.717) is 22.3 Å². The predicted molar refractivity (Wildman–Crippen MR) is 145 cm³/mol. The molecule has 0 aliphatic rings. The number of aryl methyl sites for hydroxylation is 3. The van der Waals surface area contributed by atoms with Crippen molar-refractivity contribution in [2.24, 2.45) is 0 Å². The summed E-state index contributed by atoms with van der Waals surface area (Å²) in [6, 6.07) is 21.1. The summed E-state index contributed by atoms with van der Waals surface area (Å²) in [7, 11) is -6.11. The maximum atomic E-state index is 13.9. The van der Waals surface area contributed by atoms with Crippen molar-refractivity contribution < 1.29 is 18.0 Å². The Labute approximate surface area is 211 Å². The van der Waals surface area contributed by atoms with Gasteiger partial charge in [-0.15, -0.1) is 0 Å². The number of aliphatic hydroxyl groups is 1. The molecule has 7 heteroatoms.